The Bertz CT molecular complexity index is 1430. The molecule has 0 unspecified atom stereocenters. The second-order valence-electron chi connectivity index (χ2n) is 7.22. The van der Waals surface area contributed by atoms with Crippen molar-refractivity contribution in [2.75, 3.05) is 12.4 Å². The smallest absolute Gasteiger partial charge is 0.252 e. The Balaban J connectivity index is 1.96. The molecule has 1 amide bonds. The molecule has 4 aromatic rings. The maximum atomic E-state index is 13.3. The van der Waals surface area contributed by atoms with Gasteiger partial charge in [0, 0.05) is 23.3 Å². The summed E-state index contributed by atoms with van der Waals surface area (Å²) in [4.78, 5) is 16.8. The lowest BCUT2D eigenvalue weighted by Gasteiger charge is -2.16. The van der Waals surface area contributed by atoms with E-state index >= 15 is 0 Å². The molecule has 162 valence electrons. The third-order valence-corrected chi connectivity index (χ3v) is 6.85. The van der Waals surface area contributed by atoms with Crippen LogP contribution in [0.5, 0.6) is 5.75 Å². The van der Waals surface area contributed by atoms with Crippen LogP contribution in [0.1, 0.15) is 15.9 Å². The second kappa shape index (κ2) is 8.32. The first-order valence-corrected chi connectivity index (χ1v) is 11.2. The predicted molar refractivity (Wildman–Crippen MR) is 123 cm³/mol. The summed E-state index contributed by atoms with van der Waals surface area (Å²) in [5.41, 5.74) is 8.00. The molecule has 4 rings (SSSR count). The third kappa shape index (κ3) is 3.88. The molecular weight excluding hydrogens is 426 g/mol. The van der Waals surface area contributed by atoms with Crippen LogP contribution >= 0.6 is 0 Å². The molecule has 0 saturated carbocycles. The van der Waals surface area contributed by atoms with E-state index in [0.29, 0.717) is 33.6 Å². The summed E-state index contributed by atoms with van der Waals surface area (Å²) >= 11 is 0. The molecule has 3 aromatic carbocycles. The number of benzene rings is 3. The number of pyridine rings is 1. The first-order chi connectivity index (χ1) is 15.3. The summed E-state index contributed by atoms with van der Waals surface area (Å²) in [5, 5.41) is 3.67. The number of hydrogen-bond acceptors (Lipinski definition) is 6. The highest BCUT2D eigenvalue weighted by Gasteiger charge is 2.22. The van der Waals surface area contributed by atoms with Crippen LogP contribution in [0.4, 0.5) is 11.4 Å². The zero-order valence-electron chi connectivity index (χ0n) is 17.5. The molecule has 0 atom stereocenters. The van der Waals surface area contributed by atoms with Crippen LogP contribution in [0.2, 0.25) is 0 Å². The number of carbonyl (C=O) groups is 1. The van der Waals surface area contributed by atoms with Crippen molar-refractivity contribution in [3.63, 3.8) is 0 Å². The number of aryl methyl sites for hydroxylation is 1. The molecule has 1 aromatic heterocycles. The van der Waals surface area contributed by atoms with Gasteiger partial charge in [-0.2, -0.15) is 0 Å². The van der Waals surface area contributed by atoms with E-state index in [2.05, 4.69) is 10.3 Å². The first-order valence-electron chi connectivity index (χ1n) is 9.75. The van der Waals surface area contributed by atoms with Crippen LogP contribution in [0, 0.1) is 6.92 Å². The van der Waals surface area contributed by atoms with E-state index in [4.69, 9.17) is 10.5 Å². The van der Waals surface area contributed by atoms with Gasteiger partial charge in [0.2, 0.25) is 9.84 Å². The number of carbonyl (C=O) groups excluding carboxylic acids is 1. The number of aromatic nitrogens is 1. The normalized spacial score (nSPS) is 11.3. The lowest BCUT2D eigenvalue weighted by molar-refractivity contribution is 0.100. The van der Waals surface area contributed by atoms with Gasteiger partial charge in [0.15, 0.2) is 0 Å². The second-order valence-corrected chi connectivity index (χ2v) is 9.17. The highest BCUT2D eigenvalue weighted by atomic mass is 32.2. The average molecular weight is 448 g/mol. The number of amides is 1. The van der Waals surface area contributed by atoms with Crippen molar-refractivity contribution < 1.29 is 17.9 Å². The number of rotatable bonds is 6. The van der Waals surface area contributed by atoms with Crippen LogP contribution < -0.4 is 15.8 Å². The quantitative estimate of drug-likeness (QED) is 0.458. The number of sulfone groups is 1. The molecule has 0 aliphatic carbocycles. The molecule has 0 bridgehead atoms. The third-order valence-electron chi connectivity index (χ3n) is 5.10. The number of nitrogens with one attached hydrogen (secondary N) is 1. The number of nitrogens with zero attached hydrogens (tertiary/aromatic N) is 1. The van der Waals surface area contributed by atoms with E-state index in [-0.39, 0.29) is 15.4 Å². The molecule has 3 N–H and O–H groups in total. The number of nitrogens with two attached hydrogens (primary N) is 1. The number of fused-ring (bicyclic) bond motifs is 1. The van der Waals surface area contributed by atoms with E-state index in [0.717, 1.165) is 0 Å². The van der Waals surface area contributed by atoms with Crippen LogP contribution in [-0.4, -0.2) is 26.4 Å². The summed E-state index contributed by atoms with van der Waals surface area (Å²) in [6, 6.07) is 18.4. The monoisotopic (exact) mass is 447 g/mol. The van der Waals surface area contributed by atoms with Gasteiger partial charge in [0.05, 0.1) is 33.7 Å². The fraction of sp³-hybridized carbons (Fsp3) is 0.0833. The summed E-state index contributed by atoms with van der Waals surface area (Å²) in [6.45, 7) is 1.78. The van der Waals surface area contributed by atoms with E-state index in [1.165, 1.54) is 12.3 Å². The Morgan fingerprint density at radius 2 is 1.75 bits per heavy atom. The summed E-state index contributed by atoms with van der Waals surface area (Å²) in [5.74, 6) is -0.0590. The van der Waals surface area contributed by atoms with E-state index in [1.807, 2.05) is 0 Å². The Labute approximate surface area is 185 Å². The molecule has 0 fully saturated rings. The summed E-state index contributed by atoms with van der Waals surface area (Å²) < 4.78 is 31.8. The number of methoxy groups -OCH3 is 1. The van der Waals surface area contributed by atoms with Gasteiger partial charge in [-0.25, -0.2) is 8.42 Å². The van der Waals surface area contributed by atoms with Crippen LogP contribution in [-0.2, 0) is 9.84 Å². The van der Waals surface area contributed by atoms with Gasteiger partial charge >= 0.3 is 0 Å². The Kier molecular flexibility index (Phi) is 5.54. The van der Waals surface area contributed by atoms with Crippen molar-refractivity contribution in [3.8, 4) is 5.75 Å². The molecule has 0 spiro atoms. The van der Waals surface area contributed by atoms with Gasteiger partial charge in [-0.15, -0.1) is 0 Å². The van der Waals surface area contributed by atoms with Crippen molar-refractivity contribution in [1.29, 1.82) is 0 Å². The van der Waals surface area contributed by atoms with E-state index in [1.54, 1.807) is 74.7 Å². The molecule has 0 radical (unpaired) electrons. The standard InChI is InChI=1S/C24H21N3O4S/c1-15-11-19(32(29,30)18-9-4-3-5-10-18)13-20-22(15)26-14-21(24(25)28)23(20)27-16-7-6-8-17(12-16)31-2/h3-14H,1-2H3,(H2,25,28)(H,26,27). The maximum Gasteiger partial charge on any atom is 0.252 e. The molecule has 0 saturated heterocycles. The predicted octanol–water partition coefficient (Wildman–Crippen LogP) is 4.23. The van der Waals surface area contributed by atoms with Crippen LogP contribution in [0.15, 0.2) is 82.7 Å². The van der Waals surface area contributed by atoms with Crippen LogP contribution in [0.3, 0.4) is 0 Å². The summed E-state index contributed by atoms with van der Waals surface area (Å²) in [7, 11) is -2.22. The van der Waals surface area contributed by atoms with E-state index < -0.39 is 15.7 Å². The molecule has 7 nitrogen and oxygen atoms in total. The molecule has 32 heavy (non-hydrogen) atoms. The zero-order valence-corrected chi connectivity index (χ0v) is 18.3. The van der Waals surface area contributed by atoms with Crippen molar-refractivity contribution in [1.82, 2.24) is 4.98 Å². The molecule has 0 aliphatic rings. The van der Waals surface area contributed by atoms with Crippen molar-refractivity contribution in [2.24, 2.45) is 5.73 Å². The van der Waals surface area contributed by atoms with Gasteiger partial charge in [-0.1, -0.05) is 24.3 Å². The highest BCUT2D eigenvalue weighted by Crippen LogP contribution is 2.34. The highest BCUT2D eigenvalue weighted by molar-refractivity contribution is 7.91. The van der Waals surface area contributed by atoms with Crippen molar-refractivity contribution in [2.45, 2.75) is 16.7 Å². The lowest BCUT2D eigenvalue weighted by Crippen LogP contribution is -2.14. The Morgan fingerprint density at radius 1 is 1.00 bits per heavy atom. The van der Waals surface area contributed by atoms with Gasteiger partial charge in [0.25, 0.3) is 5.91 Å². The molecular formula is C24H21N3O4S. The fourth-order valence-corrected chi connectivity index (χ4v) is 4.90. The lowest BCUT2D eigenvalue weighted by atomic mass is 10.1. The molecule has 8 heteroatoms. The van der Waals surface area contributed by atoms with E-state index in [9.17, 15) is 13.2 Å². The average Bonchev–Trinajstić information content (AvgIpc) is 2.79. The topological polar surface area (TPSA) is 111 Å². The minimum absolute atomic E-state index is 0.103. The Hall–Kier alpha value is -3.91. The maximum absolute atomic E-state index is 13.3. The number of ether oxygens (including phenoxy) is 1. The largest absolute Gasteiger partial charge is 0.497 e. The fourth-order valence-electron chi connectivity index (χ4n) is 3.50. The minimum atomic E-state index is -3.78. The SMILES string of the molecule is COc1cccc(Nc2c(C(N)=O)cnc3c(C)cc(S(=O)(=O)c4ccccc4)cc23)c1. The van der Waals surface area contributed by atoms with Crippen molar-refractivity contribution in [3.05, 3.63) is 84.1 Å². The minimum Gasteiger partial charge on any atom is -0.497 e. The number of primary amides is 1. The van der Waals surface area contributed by atoms with Gasteiger partial charge < -0.3 is 15.8 Å². The van der Waals surface area contributed by atoms with Crippen molar-refractivity contribution >= 4 is 38.0 Å². The zero-order chi connectivity index (χ0) is 22.9. The summed E-state index contributed by atoms with van der Waals surface area (Å²) in [6.07, 6.45) is 1.39. The Morgan fingerprint density at radius 3 is 2.44 bits per heavy atom. The van der Waals surface area contributed by atoms with Gasteiger partial charge in [-0.05, 0) is 48.9 Å². The van der Waals surface area contributed by atoms with Gasteiger partial charge in [0.1, 0.15) is 5.75 Å². The number of anilines is 2. The van der Waals surface area contributed by atoms with Gasteiger partial charge in [-0.3, -0.25) is 9.78 Å². The first kappa shape index (κ1) is 21.3. The molecule has 0 aliphatic heterocycles. The number of hydrogen-bond donors (Lipinski definition) is 2. The molecule has 1 heterocycles. The van der Waals surface area contributed by atoms with Crippen LogP contribution in [0.25, 0.3) is 10.9 Å².